The Kier molecular flexibility index (Phi) is 3.20. The van der Waals surface area contributed by atoms with Crippen molar-refractivity contribution in [1.82, 2.24) is 20.1 Å². The van der Waals surface area contributed by atoms with Crippen molar-refractivity contribution in [2.24, 2.45) is 0 Å². The van der Waals surface area contributed by atoms with E-state index in [-0.39, 0.29) is 5.91 Å². The summed E-state index contributed by atoms with van der Waals surface area (Å²) < 4.78 is 0. The molecule has 0 unspecified atom stereocenters. The number of carbonyl (C=O) groups excluding carboxylic acids is 1. The molecule has 19 heavy (non-hydrogen) atoms. The lowest BCUT2D eigenvalue weighted by Gasteiger charge is -2.34. The first kappa shape index (κ1) is 12.2. The number of aromatic nitrogens is 3. The van der Waals surface area contributed by atoms with Crippen LogP contribution in [0.15, 0.2) is 17.6 Å². The molecular weight excluding hydrogens is 262 g/mol. The first-order valence-electron chi connectivity index (χ1n) is 6.20. The highest BCUT2D eigenvalue weighted by molar-refractivity contribution is 7.13. The first-order chi connectivity index (χ1) is 9.24. The summed E-state index contributed by atoms with van der Waals surface area (Å²) in [5.41, 5.74) is 1.61. The number of nitrogens with one attached hydrogen (secondary N) is 1. The Labute approximate surface area is 115 Å². The van der Waals surface area contributed by atoms with E-state index in [0.717, 1.165) is 37.0 Å². The van der Waals surface area contributed by atoms with Crippen LogP contribution in [-0.2, 0) is 0 Å². The minimum atomic E-state index is 0.0208. The van der Waals surface area contributed by atoms with E-state index in [2.05, 4.69) is 25.5 Å². The zero-order chi connectivity index (χ0) is 13.2. The lowest BCUT2D eigenvalue weighted by atomic mass is 10.3. The monoisotopic (exact) mass is 277 g/mol. The van der Waals surface area contributed by atoms with Gasteiger partial charge in [0.25, 0.3) is 5.91 Å². The molecule has 1 saturated heterocycles. The van der Waals surface area contributed by atoms with Crippen molar-refractivity contribution >= 4 is 22.4 Å². The van der Waals surface area contributed by atoms with E-state index in [1.165, 1.54) is 0 Å². The maximum atomic E-state index is 12.1. The van der Waals surface area contributed by atoms with Crippen molar-refractivity contribution < 1.29 is 4.79 Å². The van der Waals surface area contributed by atoms with Gasteiger partial charge in [0.2, 0.25) is 0 Å². The van der Waals surface area contributed by atoms with Crippen molar-refractivity contribution in [2.75, 3.05) is 31.1 Å². The van der Waals surface area contributed by atoms with E-state index >= 15 is 0 Å². The van der Waals surface area contributed by atoms with Crippen LogP contribution in [0.25, 0.3) is 0 Å². The molecule has 1 amide bonds. The number of H-pyrrole nitrogens is 1. The normalized spacial score (nSPS) is 15.8. The number of amides is 1. The first-order valence-corrected chi connectivity index (χ1v) is 7.08. The Morgan fingerprint density at radius 1 is 1.37 bits per heavy atom. The molecular formula is C12H15N5OS. The van der Waals surface area contributed by atoms with Crippen LogP contribution >= 0.6 is 11.3 Å². The van der Waals surface area contributed by atoms with E-state index in [0.29, 0.717) is 5.69 Å². The number of carbonyl (C=O) groups is 1. The standard InChI is InChI=1S/C12H15N5OS/c1-9-8-19-12(14-9)17-6-4-16(5-7-17)11(18)10-2-3-13-15-10/h2-3,8H,4-7H2,1H3,(H,13,15). The lowest BCUT2D eigenvalue weighted by molar-refractivity contribution is 0.0741. The van der Waals surface area contributed by atoms with Crippen LogP contribution in [0.5, 0.6) is 0 Å². The number of aromatic amines is 1. The second kappa shape index (κ2) is 5.00. The summed E-state index contributed by atoms with van der Waals surface area (Å²) in [6.45, 7) is 5.09. The van der Waals surface area contributed by atoms with Crippen LogP contribution in [0.1, 0.15) is 16.2 Å². The molecule has 6 nitrogen and oxygen atoms in total. The molecule has 3 heterocycles. The molecule has 1 N–H and O–H groups in total. The highest BCUT2D eigenvalue weighted by Crippen LogP contribution is 2.21. The Bertz CT molecular complexity index is 556. The number of thiazole rings is 1. The smallest absolute Gasteiger partial charge is 0.271 e. The molecule has 7 heteroatoms. The summed E-state index contributed by atoms with van der Waals surface area (Å²) in [7, 11) is 0. The number of hydrogen-bond acceptors (Lipinski definition) is 5. The van der Waals surface area contributed by atoms with Crippen molar-refractivity contribution in [2.45, 2.75) is 6.92 Å². The predicted molar refractivity (Wildman–Crippen MR) is 73.6 cm³/mol. The third kappa shape index (κ3) is 2.46. The maximum Gasteiger partial charge on any atom is 0.271 e. The molecule has 0 aliphatic carbocycles. The highest BCUT2D eigenvalue weighted by atomic mass is 32.1. The molecule has 0 radical (unpaired) electrons. The molecule has 2 aromatic heterocycles. The van der Waals surface area contributed by atoms with Gasteiger partial charge in [-0.3, -0.25) is 9.89 Å². The summed E-state index contributed by atoms with van der Waals surface area (Å²) in [5.74, 6) is 0.0208. The van der Waals surface area contributed by atoms with Gasteiger partial charge in [0, 0.05) is 37.8 Å². The molecule has 0 atom stereocenters. The van der Waals surface area contributed by atoms with Gasteiger partial charge in [0.15, 0.2) is 5.13 Å². The second-order valence-electron chi connectivity index (χ2n) is 4.52. The van der Waals surface area contributed by atoms with Crippen molar-refractivity contribution in [3.05, 3.63) is 29.0 Å². The van der Waals surface area contributed by atoms with Crippen LogP contribution in [0.2, 0.25) is 0 Å². The fraction of sp³-hybridized carbons (Fsp3) is 0.417. The van der Waals surface area contributed by atoms with Gasteiger partial charge in [-0.25, -0.2) is 4.98 Å². The van der Waals surface area contributed by atoms with E-state index in [9.17, 15) is 4.79 Å². The Morgan fingerprint density at radius 3 is 2.74 bits per heavy atom. The summed E-state index contributed by atoms with van der Waals surface area (Å²) in [4.78, 5) is 20.7. The molecule has 1 fully saturated rings. The van der Waals surface area contributed by atoms with Crippen LogP contribution < -0.4 is 4.90 Å². The lowest BCUT2D eigenvalue weighted by Crippen LogP contribution is -2.48. The molecule has 0 saturated carbocycles. The molecule has 1 aliphatic rings. The fourth-order valence-electron chi connectivity index (χ4n) is 2.13. The third-order valence-electron chi connectivity index (χ3n) is 3.18. The molecule has 2 aromatic rings. The zero-order valence-corrected chi connectivity index (χ0v) is 11.5. The number of rotatable bonds is 2. The predicted octanol–water partition coefficient (Wildman–Crippen LogP) is 1.14. The van der Waals surface area contributed by atoms with E-state index in [4.69, 9.17) is 0 Å². The van der Waals surface area contributed by atoms with E-state index in [1.807, 2.05) is 11.8 Å². The maximum absolute atomic E-state index is 12.1. The van der Waals surface area contributed by atoms with Gasteiger partial charge in [-0.15, -0.1) is 11.3 Å². The topological polar surface area (TPSA) is 65.1 Å². The van der Waals surface area contributed by atoms with Gasteiger partial charge in [0.1, 0.15) is 5.69 Å². The van der Waals surface area contributed by atoms with Crippen molar-refractivity contribution in [1.29, 1.82) is 0 Å². The summed E-state index contributed by atoms with van der Waals surface area (Å²) in [5, 5.41) is 9.63. The summed E-state index contributed by atoms with van der Waals surface area (Å²) in [6.07, 6.45) is 1.60. The fourth-order valence-corrected chi connectivity index (χ4v) is 2.99. The zero-order valence-electron chi connectivity index (χ0n) is 10.7. The minimum Gasteiger partial charge on any atom is -0.345 e. The van der Waals surface area contributed by atoms with Crippen molar-refractivity contribution in [3.63, 3.8) is 0 Å². The van der Waals surface area contributed by atoms with Gasteiger partial charge >= 0.3 is 0 Å². The molecule has 0 spiro atoms. The average Bonchev–Trinajstić information content (AvgIpc) is 3.09. The van der Waals surface area contributed by atoms with Crippen LogP contribution in [0.4, 0.5) is 5.13 Å². The largest absolute Gasteiger partial charge is 0.345 e. The van der Waals surface area contributed by atoms with Crippen LogP contribution in [0.3, 0.4) is 0 Å². The average molecular weight is 277 g/mol. The van der Waals surface area contributed by atoms with Gasteiger partial charge in [-0.1, -0.05) is 0 Å². The Morgan fingerprint density at radius 2 is 2.16 bits per heavy atom. The minimum absolute atomic E-state index is 0.0208. The van der Waals surface area contributed by atoms with Crippen LogP contribution in [-0.4, -0.2) is 52.2 Å². The van der Waals surface area contributed by atoms with Gasteiger partial charge in [-0.05, 0) is 13.0 Å². The van der Waals surface area contributed by atoms with Crippen molar-refractivity contribution in [3.8, 4) is 0 Å². The van der Waals surface area contributed by atoms with E-state index < -0.39 is 0 Å². The number of anilines is 1. The van der Waals surface area contributed by atoms with Crippen LogP contribution in [0, 0.1) is 6.92 Å². The second-order valence-corrected chi connectivity index (χ2v) is 5.36. The number of piperazine rings is 1. The molecule has 1 aliphatic heterocycles. The molecule has 3 rings (SSSR count). The highest BCUT2D eigenvalue weighted by Gasteiger charge is 2.23. The summed E-state index contributed by atoms with van der Waals surface area (Å²) >= 11 is 1.66. The SMILES string of the molecule is Cc1csc(N2CCN(C(=O)c3ccn[nH]3)CC2)n1. The number of hydrogen-bond donors (Lipinski definition) is 1. The number of nitrogens with zero attached hydrogens (tertiary/aromatic N) is 4. The molecule has 100 valence electrons. The van der Waals surface area contributed by atoms with Gasteiger partial charge in [0.05, 0.1) is 5.69 Å². The van der Waals surface area contributed by atoms with E-state index in [1.54, 1.807) is 23.6 Å². The van der Waals surface area contributed by atoms with Gasteiger partial charge < -0.3 is 9.80 Å². The summed E-state index contributed by atoms with van der Waals surface area (Å²) in [6, 6.07) is 1.71. The number of aryl methyl sites for hydroxylation is 1. The molecule has 0 aromatic carbocycles. The van der Waals surface area contributed by atoms with Gasteiger partial charge in [-0.2, -0.15) is 5.10 Å². The Hall–Kier alpha value is -1.89. The third-order valence-corrected chi connectivity index (χ3v) is 4.19. The molecule has 0 bridgehead atoms. The Balaban J connectivity index is 1.62. The quantitative estimate of drug-likeness (QED) is 0.894.